The van der Waals surface area contributed by atoms with Crippen molar-refractivity contribution in [2.75, 3.05) is 20.7 Å². The molecule has 4 atom stereocenters. The fourth-order valence-electron chi connectivity index (χ4n) is 6.50. The van der Waals surface area contributed by atoms with Crippen molar-refractivity contribution in [1.29, 1.82) is 0 Å². The Hall–Kier alpha value is -2.05. The summed E-state index contributed by atoms with van der Waals surface area (Å²) in [5.41, 5.74) is 4.80. The van der Waals surface area contributed by atoms with Crippen LogP contribution in [0.25, 0.3) is 0 Å². The first-order valence-corrected chi connectivity index (χ1v) is 10.7. The lowest BCUT2D eigenvalue weighted by molar-refractivity contribution is -0.0227. The first-order valence-electron chi connectivity index (χ1n) is 9.90. The number of rotatable bonds is 2. The maximum absolute atomic E-state index is 11.8. The molecule has 6 heteroatoms. The van der Waals surface area contributed by atoms with E-state index >= 15 is 0 Å². The number of hydrogen-bond donors (Lipinski definition) is 1. The van der Waals surface area contributed by atoms with Crippen molar-refractivity contribution in [2.24, 2.45) is 5.92 Å². The molecular formula is C22H23NO4S. The van der Waals surface area contributed by atoms with Gasteiger partial charge in [-0.3, -0.25) is 0 Å². The highest BCUT2D eigenvalue weighted by atomic mass is 32.1. The zero-order chi connectivity index (χ0) is 19.4. The van der Waals surface area contributed by atoms with Gasteiger partial charge >= 0.3 is 5.97 Å². The molecule has 1 N–H and O–H groups in total. The summed E-state index contributed by atoms with van der Waals surface area (Å²) in [6.07, 6.45) is 2.91. The highest BCUT2D eigenvalue weighted by Gasteiger charge is 2.65. The van der Waals surface area contributed by atoms with Crippen molar-refractivity contribution in [2.45, 2.75) is 43.7 Å². The van der Waals surface area contributed by atoms with Gasteiger partial charge in [-0.1, -0.05) is 6.07 Å². The van der Waals surface area contributed by atoms with Gasteiger partial charge in [0.15, 0.2) is 11.5 Å². The number of aromatic carboxylic acids is 1. The molecule has 2 aliphatic carbocycles. The van der Waals surface area contributed by atoms with Gasteiger partial charge < -0.3 is 19.5 Å². The minimum absolute atomic E-state index is 0.0608. The SMILES string of the molecule is COc1ccc2c3c1O[C@H]1c4sc(C(=O)O)c(C)c4C[C@H]4[C@@H](C2)N(C)CC[C@]314. The second kappa shape index (κ2) is 5.30. The highest BCUT2D eigenvalue weighted by molar-refractivity contribution is 7.14. The minimum Gasteiger partial charge on any atom is -0.493 e. The zero-order valence-electron chi connectivity index (χ0n) is 16.2. The Bertz CT molecular complexity index is 1040. The lowest BCUT2D eigenvalue weighted by Crippen LogP contribution is -2.61. The van der Waals surface area contributed by atoms with Crippen molar-refractivity contribution < 1.29 is 19.4 Å². The van der Waals surface area contributed by atoms with E-state index in [2.05, 4.69) is 18.0 Å². The van der Waals surface area contributed by atoms with Crippen LogP contribution in [0.2, 0.25) is 0 Å². The van der Waals surface area contributed by atoms with Gasteiger partial charge in [-0.2, -0.15) is 0 Å². The number of hydrogen-bond acceptors (Lipinski definition) is 5. The van der Waals surface area contributed by atoms with Gasteiger partial charge in [0.1, 0.15) is 11.0 Å². The Kier molecular flexibility index (Phi) is 3.19. The molecule has 4 aliphatic rings. The van der Waals surface area contributed by atoms with Crippen LogP contribution in [0.4, 0.5) is 0 Å². The maximum Gasteiger partial charge on any atom is 0.346 e. The number of carboxylic acids is 1. The summed E-state index contributed by atoms with van der Waals surface area (Å²) >= 11 is 1.42. The van der Waals surface area contributed by atoms with Crippen molar-refractivity contribution >= 4 is 17.3 Å². The number of methoxy groups -OCH3 is 1. The number of likely N-dealkylation sites (N-methyl/N-ethyl adjacent to an activating group) is 1. The number of thiophene rings is 1. The summed E-state index contributed by atoms with van der Waals surface area (Å²) < 4.78 is 12.3. The number of fused-ring (bicyclic) bond motifs is 2. The molecule has 3 heterocycles. The molecule has 1 spiro atoms. The van der Waals surface area contributed by atoms with Crippen LogP contribution in [-0.2, 0) is 18.3 Å². The van der Waals surface area contributed by atoms with E-state index in [1.807, 2.05) is 13.0 Å². The van der Waals surface area contributed by atoms with E-state index in [4.69, 9.17) is 9.47 Å². The van der Waals surface area contributed by atoms with Crippen molar-refractivity contribution in [3.8, 4) is 11.5 Å². The van der Waals surface area contributed by atoms with Crippen LogP contribution in [0, 0.1) is 12.8 Å². The smallest absolute Gasteiger partial charge is 0.346 e. The van der Waals surface area contributed by atoms with Gasteiger partial charge in [-0.05, 0) is 68.5 Å². The van der Waals surface area contributed by atoms with Crippen molar-refractivity contribution in [1.82, 2.24) is 4.90 Å². The average Bonchev–Trinajstić information content (AvgIpc) is 3.19. The van der Waals surface area contributed by atoms with E-state index in [0.29, 0.717) is 16.8 Å². The van der Waals surface area contributed by atoms with Gasteiger partial charge in [0.2, 0.25) is 0 Å². The van der Waals surface area contributed by atoms with Crippen LogP contribution in [0.5, 0.6) is 11.5 Å². The Morgan fingerprint density at radius 2 is 2.21 bits per heavy atom. The van der Waals surface area contributed by atoms with E-state index in [9.17, 15) is 9.90 Å². The van der Waals surface area contributed by atoms with Gasteiger partial charge in [-0.25, -0.2) is 4.79 Å². The summed E-state index contributed by atoms with van der Waals surface area (Å²) in [5, 5.41) is 9.71. The van der Waals surface area contributed by atoms with Gasteiger partial charge in [0.05, 0.1) is 12.0 Å². The van der Waals surface area contributed by atoms with Gasteiger partial charge in [-0.15, -0.1) is 11.3 Å². The number of benzene rings is 1. The maximum atomic E-state index is 11.8. The molecule has 146 valence electrons. The second-order valence-corrected chi connectivity index (χ2v) is 9.74. The largest absolute Gasteiger partial charge is 0.493 e. The molecule has 28 heavy (non-hydrogen) atoms. The van der Waals surface area contributed by atoms with Crippen molar-refractivity contribution in [3.63, 3.8) is 0 Å². The molecule has 0 saturated carbocycles. The summed E-state index contributed by atoms with van der Waals surface area (Å²) in [6, 6.07) is 4.71. The lowest BCUT2D eigenvalue weighted by Gasteiger charge is -2.57. The Morgan fingerprint density at radius 3 is 2.96 bits per heavy atom. The van der Waals surface area contributed by atoms with E-state index in [-0.39, 0.29) is 11.5 Å². The summed E-state index contributed by atoms with van der Waals surface area (Å²) in [6.45, 7) is 3.01. The van der Waals surface area contributed by atoms with Crippen LogP contribution in [0.1, 0.15) is 49.3 Å². The molecule has 6 rings (SSSR count). The van der Waals surface area contributed by atoms with Crippen LogP contribution in [-0.4, -0.2) is 42.7 Å². The molecule has 5 nitrogen and oxygen atoms in total. The van der Waals surface area contributed by atoms with E-state index < -0.39 is 5.97 Å². The van der Waals surface area contributed by atoms with E-state index in [0.717, 1.165) is 47.7 Å². The predicted molar refractivity (Wildman–Crippen MR) is 106 cm³/mol. The Balaban J connectivity index is 1.66. The van der Waals surface area contributed by atoms with E-state index in [1.54, 1.807) is 7.11 Å². The highest BCUT2D eigenvalue weighted by Crippen LogP contribution is 2.68. The Labute approximate surface area is 167 Å². The predicted octanol–water partition coefficient (Wildman–Crippen LogP) is 3.57. The monoisotopic (exact) mass is 397 g/mol. The second-order valence-electron chi connectivity index (χ2n) is 8.69. The zero-order valence-corrected chi connectivity index (χ0v) is 17.1. The number of piperidine rings is 1. The molecule has 1 fully saturated rings. The van der Waals surface area contributed by atoms with Crippen LogP contribution >= 0.6 is 11.3 Å². The number of carboxylic acid groups (broad SMARTS) is 1. The summed E-state index contributed by atoms with van der Waals surface area (Å²) in [5.74, 6) is 1.31. The number of ether oxygens (including phenoxy) is 2. The normalized spacial score (nSPS) is 31.8. The molecule has 1 aromatic heterocycles. The molecular weight excluding hydrogens is 374 g/mol. The molecule has 0 amide bonds. The fraction of sp³-hybridized carbons (Fsp3) is 0.500. The van der Waals surface area contributed by atoms with Crippen molar-refractivity contribution in [3.05, 3.63) is 44.1 Å². The molecule has 0 radical (unpaired) electrons. The number of nitrogens with zero attached hydrogens (tertiary/aromatic N) is 1. The summed E-state index contributed by atoms with van der Waals surface area (Å²) in [4.78, 5) is 15.9. The van der Waals surface area contributed by atoms with Gasteiger partial charge in [0, 0.05) is 17.0 Å². The fourth-order valence-corrected chi connectivity index (χ4v) is 7.81. The van der Waals surface area contributed by atoms with Crippen LogP contribution in [0.15, 0.2) is 12.1 Å². The van der Waals surface area contributed by atoms with Crippen LogP contribution in [0.3, 0.4) is 0 Å². The third-order valence-corrected chi connectivity index (χ3v) is 9.12. The quantitative estimate of drug-likeness (QED) is 0.840. The van der Waals surface area contributed by atoms with Crippen LogP contribution < -0.4 is 9.47 Å². The van der Waals surface area contributed by atoms with Gasteiger partial charge in [0.25, 0.3) is 0 Å². The van der Waals surface area contributed by atoms with E-state index in [1.165, 1.54) is 28.0 Å². The third-order valence-electron chi connectivity index (χ3n) is 7.76. The molecule has 2 bridgehead atoms. The average molecular weight is 397 g/mol. The topological polar surface area (TPSA) is 59.0 Å². The number of carbonyl (C=O) groups is 1. The first kappa shape index (κ1) is 16.9. The summed E-state index contributed by atoms with van der Waals surface area (Å²) in [7, 11) is 3.93. The standard InChI is InChI=1S/C22H23NO4S/c1-10-12-9-13-14-8-11-4-5-15(26-3)17-16(11)22(13,6-7-23(14)2)20(27-17)19(12)28-18(10)21(24)25/h4-5,13-14,20H,6-9H2,1-3H3,(H,24,25)/t13-,14+,20-,22-/m0/s1. The molecule has 1 aromatic carbocycles. The minimum atomic E-state index is -0.828. The third kappa shape index (κ3) is 1.75. The molecule has 0 unspecified atom stereocenters. The molecule has 1 saturated heterocycles. The lowest BCUT2D eigenvalue weighted by atomic mass is 9.52. The Morgan fingerprint density at radius 1 is 1.39 bits per heavy atom. The molecule has 2 aliphatic heterocycles. The number of likely N-dealkylation sites (tertiary alicyclic amines) is 1. The first-order chi connectivity index (χ1) is 13.5. The molecule has 2 aromatic rings.